The van der Waals surface area contributed by atoms with Gasteiger partial charge in [0.1, 0.15) is 5.82 Å². The van der Waals surface area contributed by atoms with Crippen molar-refractivity contribution in [1.29, 1.82) is 0 Å². The van der Waals surface area contributed by atoms with Gasteiger partial charge in [0.05, 0.1) is 4.47 Å². The molecule has 0 saturated heterocycles. The second kappa shape index (κ2) is 5.44. The molecule has 18 heavy (non-hydrogen) atoms. The van der Waals surface area contributed by atoms with Crippen LogP contribution in [0.1, 0.15) is 28.4 Å². The van der Waals surface area contributed by atoms with Crippen LogP contribution in [0.15, 0.2) is 46.9 Å². The molecule has 0 aliphatic carbocycles. The van der Waals surface area contributed by atoms with Gasteiger partial charge in [0.25, 0.3) is 0 Å². The van der Waals surface area contributed by atoms with Crippen LogP contribution < -0.4 is 0 Å². The second-order valence-electron chi connectivity index (χ2n) is 3.98. The van der Waals surface area contributed by atoms with Crippen molar-refractivity contribution in [3.63, 3.8) is 0 Å². The molecule has 92 valence electrons. The van der Waals surface area contributed by atoms with E-state index in [4.69, 9.17) is 0 Å². The molecule has 2 rings (SSSR count). The summed E-state index contributed by atoms with van der Waals surface area (Å²) in [5.74, 6) is -0.602. The van der Waals surface area contributed by atoms with Gasteiger partial charge in [-0.05, 0) is 40.0 Å². The van der Waals surface area contributed by atoms with E-state index in [1.165, 1.54) is 17.7 Å². The largest absolute Gasteiger partial charge is 0.289 e. The molecule has 0 unspecified atom stereocenters. The van der Waals surface area contributed by atoms with E-state index in [-0.39, 0.29) is 10.3 Å². The lowest BCUT2D eigenvalue weighted by molar-refractivity contribution is 0.103. The van der Waals surface area contributed by atoms with E-state index in [0.717, 1.165) is 6.42 Å². The lowest BCUT2D eigenvalue weighted by atomic mass is 10.0. The molecule has 0 amide bonds. The van der Waals surface area contributed by atoms with Gasteiger partial charge in [-0.1, -0.05) is 37.3 Å². The molecule has 0 bridgehead atoms. The average molecular weight is 307 g/mol. The minimum atomic E-state index is -0.425. The Kier molecular flexibility index (Phi) is 3.92. The van der Waals surface area contributed by atoms with Crippen LogP contribution in [-0.2, 0) is 6.42 Å². The molecule has 0 atom stereocenters. The summed E-state index contributed by atoms with van der Waals surface area (Å²) in [6.07, 6.45) is 0.929. The third-order valence-electron chi connectivity index (χ3n) is 2.82. The molecule has 0 fully saturated rings. The number of carbonyl (C=O) groups is 1. The van der Waals surface area contributed by atoms with Gasteiger partial charge in [0, 0.05) is 11.1 Å². The Labute approximate surface area is 114 Å². The predicted octanol–water partition coefficient (Wildman–Crippen LogP) is 4.38. The van der Waals surface area contributed by atoms with Crippen molar-refractivity contribution < 1.29 is 9.18 Å². The number of hydrogen-bond acceptors (Lipinski definition) is 1. The molecule has 0 spiro atoms. The predicted molar refractivity (Wildman–Crippen MR) is 73.4 cm³/mol. The zero-order valence-corrected chi connectivity index (χ0v) is 11.5. The molecule has 0 saturated carbocycles. The summed E-state index contributed by atoms with van der Waals surface area (Å²) in [4.78, 5) is 12.2. The Bertz CT molecular complexity index is 576. The summed E-state index contributed by atoms with van der Waals surface area (Å²) in [6, 6.07) is 11.9. The van der Waals surface area contributed by atoms with E-state index >= 15 is 0 Å². The van der Waals surface area contributed by atoms with Crippen molar-refractivity contribution in [1.82, 2.24) is 0 Å². The lowest BCUT2D eigenvalue weighted by Crippen LogP contribution is -2.03. The zero-order chi connectivity index (χ0) is 13.1. The van der Waals surface area contributed by atoms with Gasteiger partial charge in [-0.2, -0.15) is 0 Å². The Morgan fingerprint density at radius 3 is 2.44 bits per heavy atom. The first-order valence-corrected chi connectivity index (χ1v) is 6.50. The van der Waals surface area contributed by atoms with E-state index < -0.39 is 5.82 Å². The van der Waals surface area contributed by atoms with E-state index in [9.17, 15) is 9.18 Å². The molecule has 0 N–H and O–H groups in total. The highest BCUT2D eigenvalue weighted by Gasteiger charge is 2.14. The highest BCUT2D eigenvalue weighted by molar-refractivity contribution is 9.10. The third kappa shape index (κ3) is 2.51. The van der Waals surface area contributed by atoms with Crippen molar-refractivity contribution >= 4 is 21.7 Å². The van der Waals surface area contributed by atoms with Gasteiger partial charge in [-0.15, -0.1) is 0 Å². The van der Waals surface area contributed by atoms with Gasteiger partial charge < -0.3 is 0 Å². The lowest BCUT2D eigenvalue weighted by Gasteiger charge is -2.05. The van der Waals surface area contributed by atoms with Crippen LogP contribution in [0.3, 0.4) is 0 Å². The van der Waals surface area contributed by atoms with Gasteiger partial charge in [-0.3, -0.25) is 4.79 Å². The van der Waals surface area contributed by atoms with Crippen LogP contribution >= 0.6 is 15.9 Å². The van der Waals surface area contributed by atoms with Gasteiger partial charge in [0.2, 0.25) is 0 Å². The maximum absolute atomic E-state index is 13.4. The molecule has 2 aromatic carbocycles. The maximum atomic E-state index is 13.4. The SMILES string of the molecule is CCc1ccc(C(=O)c2cccc(F)c2Br)cc1. The van der Waals surface area contributed by atoms with Crippen LogP contribution in [0.4, 0.5) is 4.39 Å². The first-order valence-electron chi connectivity index (χ1n) is 5.71. The van der Waals surface area contributed by atoms with Crippen LogP contribution in [-0.4, -0.2) is 5.78 Å². The second-order valence-corrected chi connectivity index (χ2v) is 4.77. The van der Waals surface area contributed by atoms with E-state index in [2.05, 4.69) is 22.9 Å². The van der Waals surface area contributed by atoms with Crippen molar-refractivity contribution in [3.8, 4) is 0 Å². The molecule has 0 aliphatic rings. The number of halogens is 2. The summed E-state index contributed by atoms with van der Waals surface area (Å²) in [5, 5.41) is 0. The fourth-order valence-corrected chi connectivity index (χ4v) is 2.17. The number of rotatable bonds is 3. The Morgan fingerprint density at radius 2 is 1.83 bits per heavy atom. The molecular formula is C15H12BrFO. The molecule has 2 aromatic rings. The summed E-state index contributed by atoms with van der Waals surface area (Å²) >= 11 is 3.11. The quantitative estimate of drug-likeness (QED) is 0.769. The maximum Gasteiger partial charge on any atom is 0.194 e. The summed E-state index contributed by atoms with van der Waals surface area (Å²) in [5.41, 5.74) is 2.09. The van der Waals surface area contributed by atoms with Crippen molar-refractivity contribution in [2.45, 2.75) is 13.3 Å². The van der Waals surface area contributed by atoms with Gasteiger partial charge >= 0.3 is 0 Å². The van der Waals surface area contributed by atoms with Crippen LogP contribution in [0, 0.1) is 5.82 Å². The highest BCUT2D eigenvalue weighted by Crippen LogP contribution is 2.23. The summed E-state index contributed by atoms with van der Waals surface area (Å²) < 4.78 is 13.6. The van der Waals surface area contributed by atoms with E-state index in [0.29, 0.717) is 11.1 Å². The Hall–Kier alpha value is -1.48. The summed E-state index contributed by atoms with van der Waals surface area (Å²) in [7, 11) is 0. The van der Waals surface area contributed by atoms with E-state index in [1.807, 2.05) is 12.1 Å². The molecule has 0 heterocycles. The zero-order valence-electron chi connectivity index (χ0n) is 9.91. The number of aryl methyl sites for hydroxylation is 1. The standard InChI is InChI=1S/C15H12BrFO/c1-2-10-6-8-11(9-7-10)15(18)12-4-3-5-13(17)14(12)16/h3-9H,2H2,1H3. The Morgan fingerprint density at radius 1 is 1.17 bits per heavy atom. The molecule has 3 heteroatoms. The van der Waals surface area contributed by atoms with Crippen molar-refractivity contribution in [2.75, 3.05) is 0 Å². The Balaban J connectivity index is 2.38. The van der Waals surface area contributed by atoms with Gasteiger partial charge in [-0.25, -0.2) is 4.39 Å². The number of hydrogen-bond donors (Lipinski definition) is 0. The highest BCUT2D eigenvalue weighted by atomic mass is 79.9. The minimum absolute atomic E-state index is 0.177. The number of benzene rings is 2. The number of carbonyl (C=O) groups excluding carboxylic acids is 1. The van der Waals surface area contributed by atoms with Crippen LogP contribution in [0.5, 0.6) is 0 Å². The molecule has 0 aromatic heterocycles. The summed E-state index contributed by atoms with van der Waals surface area (Å²) in [6.45, 7) is 2.06. The first kappa shape index (κ1) is 13.0. The number of ketones is 1. The fraction of sp³-hybridized carbons (Fsp3) is 0.133. The van der Waals surface area contributed by atoms with Crippen LogP contribution in [0.25, 0.3) is 0 Å². The fourth-order valence-electron chi connectivity index (χ4n) is 1.73. The normalized spacial score (nSPS) is 10.4. The average Bonchev–Trinajstić information content (AvgIpc) is 2.41. The third-order valence-corrected chi connectivity index (χ3v) is 3.63. The van der Waals surface area contributed by atoms with Crippen molar-refractivity contribution in [3.05, 3.63) is 69.4 Å². The first-order chi connectivity index (χ1) is 8.63. The smallest absolute Gasteiger partial charge is 0.194 e. The van der Waals surface area contributed by atoms with Crippen molar-refractivity contribution in [2.24, 2.45) is 0 Å². The van der Waals surface area contributed by atoms with E-state index in [1.54, 1.807) is 18.2 Å². The minimum Gasteiger partial charge on any atom is -0.289 e. The van der Waals surface area contributed by atoms with Crippen LogP contribution in [0.2, 0.25) is 0 Å². The molecule has 0 aliphatic heterocycles. The topological polar surface area (TPSA) is 17.1 Å². The molecule has 0 radical (unpaired) electrons. The monoisotopic (exact) mass is 306 g/mol. The molecular weight excluding hydrogens is 295 g/mol. The van der Waals surface area contributed by atoms with Gasteiger partial charge in [0.15, 0.2) is 5.78 Å². The molecule has 1 nitrogen and oxygen atoms in total.